The number of rotatable bonds is 8. The van der Waals surface area contributed by atoms with Crippen LogP contribution in [-0.2, 0) is 9.59 Å². The van der Waals surface area contributed by atoms with Gasteiger partial charge < -0.3 is 19.9 Å². The van der Waals surface area contributed by atoms with Gasteiger partial charge in [0.2, 0.25) is 11.8 Å². The molecule has 1 N–H and O–H groups in total. The maximum Gasteiger partial charge on any atom is 0.246 e. The van der Waals surface area contributed by atoms with Gasteiger partial charge in [-0.15, -0.1) is 0 Å². The molecule has 1 saturated heterocycles. The van der Waals surface area contributed by atoms with Crippen molar-refractivity contribution in [2.24, 2.45) is 5.92 Å². The van der Waals surface area contributed by atoms with Crippen molar-refractivity contribution in [2.75, 3.05) is 40.8 Å². The molecule has 1 fully saturated rings. The zero-order chi connectivity index (χ0) is 22.9. The van der Waals surface area contributed by atoms with Gasteiger partial charge in [-0.2, -0.15) is 0 Å². The number of ether oxygens (including phenoxy) is 1. The molecule has 6 heteroatoms. The largest absolute Gasteiger partial charge is 0.496 e. The third-order valence-electron chi connectivity index (χ3n) is 5.99. The van der Waals surface area contributed by atoms with Crippen LogP contribution in [0.3, 0.4) is 0 Å². The van der Waals surface area contributed by atoms with Crippen LogP contribution in [0.15, 0.2) is 60.7 Å². The van der Waals surface area contributed by atoms with Gasteiger partial charge in [0.05, 0.1) is 13.2 Å². The summed E-state index contributed by atoms with van der Waals surface area (Å²) in [4.78, 5) is 29.2. The van der Waals surface area contributed by atoms with Gasteiger partial charge in [0.25, 0.3) is 0 Å². The number of likely N-dealkylation sites (N-methyl/N-ethyl adjacent to an activating group) is 1. The number of likely N-dealkylation sites (tertiary alicyclic amines) is 1. The Balaban J connectivity index is 1.50. The Hall–Kier alpha value is -3.12. The van der Waals surface area contributed by atoms with E-state index in [1.165, 1.54) is 0 Å². The molecule has 1 unspecified atom stereocenters. The number of amides is 2. The van der Waals surface area contributed by atoms with E-state index in [0.29, 0.717) is 32.5 Å². The molecule has 0 spiro atoms. The molecule has 0 aromatic heterocycles. The lowest BCUT2D eigenvalue weighted by Gasteiger charge is -2.32. The average Bonchev–Trinajstić information content (AvgIpc) is 2.83. The number of hydrogen-bond acceptors (Lipinski definition) is 4. The van der Waals surface area contributed by atoms with E-state index in [0.717, 1.165) is 16.9 Å². The Labute approximate surface area is 190 Å². The van der Waals surface area contributed by atoms with E-state index in [-0.39, 0.29) is 23.8 Å². The first kappa shape index (κ1) is 23.5. The SMILES string of the molecule is COc1ccccc1C(CNC(=O)C1CCN(C(=O)C=Cc2ccccc2)CC1)N(C)C. The number of nitrogens with one attached hydrogen (secondary N) is 1. The summed E-state index contributed by atoms with van der Waals surface area (Å²) in [5, 5.41) is 3.12. The quantitative estimate of drug-likeness (QED) is 0.646. The number of nitrogens with zero attached hydrogens (tertiary/aromatic N) is 2. The first-order valence-corrected chi connectivity index (χ1v) is 11.1. The fourth-order valence-electron chi connectivity index (χ4n) is 4.05. The molecule has 6 nitrogen and oxygen atoms in total. The van der Waals surface area contributed by atoms with Gasteiger partial charge in [0.15, 0.2) is 0 Å². The number of benzene rings is 2. The molecule has 0 saturated carbocycles. The Kier molecular flexibility index (Phi) is 8.45. The molecule has 0 bridgehead atoms. The zero-order valence-electron chi connectivity index (χ0n) is 19.2. The lowest BCUT2D eigenvalue weighted by Crippen LogP contribution is -2.44. The molecule has 3 rings (SSSR count). The fourth-order valence-corrected chi connectivity index (χ4v) is 4.05. The molecule has 1 heterocycles. The Morgan fingerprint density at radius 1 is 1.09 bits per heavy atom. The van der Waals surface area contributed by atoms with Crippen LogP contribution < -0.4 is 10.1 Å². The minimum Gasteiger partial charge on any atom is -0.496 e. The standard InChI is InChI=1S/C26H33N3O3/c1-28(2)23(22-11-7-8-12-24(22)32-3)19-27-26(31)21-15-17-29(18-16-21)25(30)14-13-20-9-5-4-6-10-20/h4-14,21,23H,15-19H2,1-3H3,(H,27,31). The van der Waals surface area contributed by atoms with E-state index in [9.17, 15) is 9.59 Å². The second kappa shape index (κ2) is 11.5. The summed E-state index contributed by atoms with van der Waals surface area (Å²) >= 11 is 0. The molecule has 32 heavy (non-hydrogen) atoms. The lowest BCUT2D eigenvalue weighted by atomic mass is 9.95. The minimum atomic E-state index is -0.0716. The van der Waals surface area contributed by atoms with Crippen LogP contribution in [0.4, 0.5) is 0 Å². The van der Waals surface area contributed by atoms with Crippen molar-refractivity contribution in [3.05, 3.63) is 71.8 Å². The van der Waals surface area contributed by atoms with Gasteiger partial charge in [-0.25, -0.2) is 0 Å². The Morgan fingerprint density at radius 2 is 1.75 bits per heavy atom. The van der Waals surface area contributed by atoms with E-state index in [2.05, 4.69) is 10.2 Å². The molecule has 2 aromatic rings. The predicted octanol–water partition coefficient (Wildman–Crippen LogP) is 3.37. The topological polar surface area (TPSA) is 61.9 Å². The Morgan fingerprint density at radius 3 is 2.41 bits per heavy atom. The summed E-state index contributed by atoms with van der Waals surface area (Å²) in [6.45, 7) is 1.70. The predicted molar refractivity (Wildman–Crippen MR) is 127 cm³/mol. The highest BCUT2D eigenvalue weighted by molar-refractivity contribution is 5.92. The number of carbonyl (C=O) groups is 2. The van der Waals surface area contributed by atoms with Crippen LogP contribution in [0, 0.1) is 5.92 Å². The van der Waals surface area contributed by atoms with Crippen molar-refractivity contribution in [3.8, 4) is 5.75 Å². The molecular weight excluding hydrogens is 402 g/mol. The summed E-state index contributed by atoms with van der Waals surface area (Å²) in [5.41, 5.74) is 2.05. The van der Waals surface area contributed by atoms with E-state index in [1.807, 2.05) is 79.7 Å². The molecule has 2 amide bonds. The molecule has 2 aromatic carbocycles. The molecule has 1 aliphatic heterocycles. The smallest absolute Gasteiger partial charge is 0.246 e. The molecule has 170 valence electrons. The highest BCUT2D eigenvalue weighted by Crippen LogP contribution is 2.27. The number of piperidine rings is 1. The summed E-state index contributed by atoms with van der Waals surface area (Å²) in [5.74, 6) is 0.795. The highest BCUT2D eigenvalue weighted by Gasteiger charge is 2.27. The van der Waals surface area contributed by atoms with E-state index < -0.39 is 0 Å². The normalized spacial score (nSPS) is 15.7. The van der Waals surface area contributed by atoms with E-state index in [4.69, 9.17) is 4.74 Å². The second-order valence-corrected chi connectivity index (χ2v) is 8.31. The van der Waals surface area contributed by atoms with Crippen LogP contribution in [-0.4, -0.2) is 62.5 Å². The summed E-state index contributed by atoms with van der Waals surface area (Å²) in [6, 6.07) is 17.7. The van der Waals surface area contributed by atoms with E-state index >= 15 is 0 Å². The van der Waals surface area contributed by atoms with Crippen molar-refractivity contribution < 1.29 is 14.3 Å². The summed E-state index contributed by atoms with van der Waals surface area (Å²) in [6.07, 6.45) is 4.81. The molecule has 0 radical (unpaired) electrons. The van der Waals surface area contributed by atoms with E-state index in [1.54, 1.807) is 13.2 Å². The van der Waals surface area contributed by atoms with Crippen LogP contribution in [0.1, 0.15) is 30.0 Å². The lowest BCUT2D eigenvalue weighted by molar-refractivity contribution is -0.132. The minimum absolute atomic E-state index is 0.00319. The number of methoxy groups -OCH3 is 1. The maximum absolute atomic E-state index is 12.8. The third-order valence-corrected chi connectivity index (χ3v) is 5.99. The van der Waals surface area contributed by atoms with Crippen molar-refractivity contribution in [1.82, 2.24) is 15.1 Å². The first-order valence-electron chi connectivity index (χ1n) is 11.1. The average molecular weight is 436 g/mol. The van der Waals surface area contributed by atoms with Crippen molar-refractivity contribution in [2.45, 2.75) is 18.9 Å². The second-order valence-electron chi connectivity index (χ2n) is 8.31. The molecule has 1 aliphatic rings. The Bertz CT molecular complexity index is 919. The molecular formula is C26H33N3O3. The van der Waals surface area contributed by atoms with Gasteiger partial charge in [-0.3, -0.25) is 9.59 Å². The van der Waals surface area contributed by atoms with Crippen molar-refractivity contribution in [3.63, 3.8) is 0 Å². The number of para-hydroxylation sites is 1. The summed E-state index contributed by atoms with van der Waals surface area (Å²) < 4.78 is 5.50. The van der Waals surface area contributed by atoms with Gasteiger partial charge >= 0.3 is 0 Å². The third kappa shape index (κ3) is 6.20. The van der Waals surface area contributed by atoms with Gasteiger partial charge in [0, 0.05) is 37.2 Å². The monoisotopic (exact) mass is 435 g/mol. The summed E-state index contributed by atoms with van der Waals surface area (Å²) in [7, 11) is 5.65. The molecule has 0 aliphatic carbocycles. The number of carbonyl (C=O) groups excluding carboxylic acids is 2. The fraction of sp³-hybridized carbons (Fsp3) is 0.385. The molecule has 1 atom stereocenters. The van der Waals surface area contributed by atoms with Crippen molar-refractivity contribution in [1.29, 1.82) is 0 Å². The number of hydrogen-bond donors (Lipinski definition) is 1. The van der Waals surface area contributed by atoms with Crippen LogP contribution in [0.2, 0.25) is 0 Å². The highest BCUT2D eigenvalue weighted by atomic mass is 16.5. The zero-order valence-corrected chi connectivity index (χ0v) is 19.2. The van der Waals surface area contributed by atoms with Gasteiger partial charge in [-0.05, 0) is 44.6 Å². The van der Waals surface area contributed by atoms with Gasteiger partial charge in [0.1, 0.15) is 5.75 Å². The maximum atomic E-state index is 12.8. The van der Waals surface area contributed by atoms with Gasteiger partial charge in [-0.1, -0.05) is 48.5 Å². The van der Waals surface area contributed by atoms with Crippen LogP contribution in [0.5, 0.6) is 5.75 Å². The van der Waals surface area contributed by atoms with Crippen LogP contribution in [0.25, 0.3) is 6.08 Å². The first-order chi connectivity index (χ1) is 15.5. The van der Waals surface area contributed by atoms with Crippen molar-refractivity contribution >= 4 is 17.9 Å². The van der Waals surface area contributed by atoms with Crippen LogP contribution >= 0.6 is 0 Å².